The summed E-state index contributed by atoms with van der Waals surface area (Å²) in [7, 11) is 0. The van der Waals surface area contributed by atoms with Gasteiger partial charge in [0.05, 0.1) is 6.42 Å². The van der Waals surface area contributed by atoms with E-state index in [0.29, 0.717) is 18.0 Å². The zero-order valence-corrected chi connectivity index (χ0v) is 14.2. The number of aromatic amines is 1. The number of aromatic nitrogens is 2. The van der Waals surface area contributed by atoms with E-state index in [1.165, 1.54) is 12.1 Å². The summed E-state index contributed by atoms with van der Waals surface area (Å²) in [6.45, 7) is 0.502. The van der Waals surface area contributed by atoms with Crippen LogP contribution in [-0.4, -0.2) is 22.4 Å². The van der Waals surface area contributed by atoms with Gasteiger partial charge in [0.15, 0.2) is 0 Å². The number of nitrogens with one attached hydrogen (secondary N) is 2. The summed E-state index contributed by atoms with van der Waals surface area (Å²) in [4.78, 5) is 19.5. The van der Waals surface area contributed by atoms with Crippen molar-refractivity contribution in [1.29, 1.82) is 0 Å². The fourth-order valence-corrected chi connectivity index (χ4v) is 2.55. The maximum atomic E-state index is 12.8. The number of hydrogen-bond donors (Lipinski definition) is 2. The van der Waals surface area contributed by atoms with Crippen molar-refractivity contribution in [3.63, 3.8) is 0 Å². The fourth-order valence-electron chi connectivity index (χ4n) is 2.43. The molecular formula is C19H17ClFN3O. The molecule has 0 unspecified atom stereocenters. The number of amides is 1. The molecule has 3 rings (SSSR count). The van der Waals surface area contributed by atoms with Gasteiger partial charge in [-0.15, -0.1) is 0 Å². The molecule has 1 heterocycles. The van der Waals surface area contributed by atoms with Crippen LogP contribution >= 0.6 is 11.6 Å². The molecule has 0 atom stereocenters. The molecule has 0 saturated heterocycles. The van der Waals surface area contributed by atoms with Gasteiger partial charge in [-0.1, -0.05) is 23.7 Å². The Kier molecular flexibility index (Phi) is 5.46. The second-order valence-electron chi connectivity index (χ2n) is 5.67. The Hall–Kier alpha value is -2.66. The first-order valence-electron chi connectivity index (χ1n) is 7.91. The minimum atomic E-state index is -0.306. The van der Waals surface area contributed by atoms with Crippen molar-refractivity contribution >= 4 is 17.5 Å². The minimum absolute atomic E-state index is 0.0935. The number of halogens is 2. The van der Waals surface area contributed by atoms with Gasteiger partial charge in [-0.25, -0.2) is 9.37 Å². The quantitative estimate of drug-likeness (QED) is 0.705. The maximum absolute atomic E-state index is 12.8. The van der Waals surface area contributed by atoms with Gasteiger partial charge in [0.25, 0.3) is 0 Å². The molecule has 0 bridgehead atoms. The van der Waals surface area contributed by atoms with E-state index in [1.807, 2.05) is 24.3 Å². The first-order valence-corrected chi connectivity index (χ1v) is 8.29. The van der Waals surface area contributed by atoms with Crippen LogP contribution in [0.1, 0.15) is 11.3 Å². The van der Waals surface area contributed by atoms with E-state index in [0.717, 1.165) is 22.6 Å². The van der Waals surface area contributed by atoms with Gasteiger partial charge in [0.1, 0.15) is 11.6 Å². The van der Waals surface area contributed by atoms with Crippen LogP contribution in [0.2, 0.25) is 5.02 Å². The van der Waals surface area contributed by atoms with Crippen LogP contribution in [0.5, 0.6) is 0 Å². The standard InChI is InChI=1S/C19H17ClFN3O/c20-15-5-3-14(4-6-15)19-23-12-17(24-19)9-10-22-18(25)11-13-1-7-16(21)8-2-13/h1-8,12H,9-11H2,(H,22,25)(H,23,24). The van der Waals surface area contributed by atoms with Crippen LogP contribution in [0, 0.1) is 5.82 Å². The van der Waals surface area contributed by atoms with E-state index >= 15 is 0 Å². The van der Waals surface area contributed by atoms with Crippen LogP contribution in [-0.2, 0) is 17.6 Å². The summed E-state index contributed by atoms with van der Waals surface area (Å²) in [5, 5.41) is 3.53. The Bertz CT molecular complexity index is 844. The highest BCUT2D eigenvalue weighted by Gasteiger charge is 2.06. The monoisotopic (exact) mass is 357 g/mol. The Morgan fingerprint density at radius 2 is 1.84 bits per heavy atom. The van der Waals surface area contributed by atoms with Crippen LogP contribution in [0.15, 0.2) is 54.7 Å². The lowest BCUT2D eigenvalue weighted by molar-refractivity contribution is -0.120. The Morgan fingerprint density at radius 3 is 2.56 bits per heavy atom. The zero-order valence-electron chi connectivity index (χ0n) is 13.4. The Labute approximate surface area is 150 Å². The first-order chi connectivity index (χ1) is 12.1. The summed E-state index contributed by atoms with van der Waals surface area (Å²) in [6.07, 6.45) is 2.64. The lowest BCUT2D eigenvalue weighted by Gasteiger charge is -2.04. The van der Waals surface area contributed by atoms with Crippen LogP contribution in [0.3, 0.4) is 0 Å². The lowest BCUT2D eigenvalue weighted by atomic mass is 10.1. The molecule has 0 aliphatic carbocycles. The molecule has 6 heteroatoms. The number of carbonyl (C=O) groups excluding carboxylic acids is 1. The van der Waals surface area contributed by atoms with E-state index in [4.69, 9.17) is 11.6 Å². The molecule has 1 aromatic heterocycles. The summed E-state index contributed by atoms with van der Waals surface area (Å²) >= 11 is 5.88. The van der Waals surface area contributed by atoms with Crippen LogP contribution in [0.25, 0.3) is 11.4 Å². The highest BCUT2D eigenvalue weighted by Crippen LogP contribution is 2.18. The molecule has 0 aliphatic rings. The second kappa shape index (κ2) is 7.94. The third-order valence-corrected chi connectivity index (χ3v) is 3.99. The van der Waals surface area contributed by atoms with E-state index in [1.54, 1.807) is 18.3 Å². The molecule has 0 aliphatic heterocycles. The van der Waals surface area contributed by atoms with Gasteiger partial charge in [-0.2, -0.15) is 0 Å². The molecule has 2 N–H and O–H groups in total. The molecule has 3 aromatic rings. The van der Waals surface area contributed by atoms with Crippen LogP contribution < -0.4 is 5.32 Å². The summed E-state index contributed by atoms with van der Waals surface area (Å²) in [6, 6.07) is 13.4. The summed E-state index contributed by atoms with van der Waals surface area (Å²) in [5.41, 5.74) is 2.67. The normalized spacial score (nSPS) is 10.6. The molecule has 0 radical (unpaired) electrons. The highest BCUT2D eigenvalue weighted by atomic mass is 35.5. The third kappa shape index (κ3) is 4.90. The van der Waals surface area contributed by atoms with Gasteiger partial charge in [0.2, 0.25) is 5.91 Å². The summed E-state index contributed by atoms with van der Waals surface area (Å²) < 4.78 is 12.8. The van der Waals surface area contributed by atoms with E-state index < -0.39 is 0 Å². The predicted molar refractivity (Wildman–Crippen MR) is 95.9 cm³/mol. The number of H-pyrrole nitrogens is 1. The SMILES string of the molecule is O=C(Cc1ccc(F)cc1)NCCc1cnc(-c2ccc(Cl)cc2)[nH]1. The van der Waals surface area contributed by atoms with Crippen molar-refractivity contribution in [3.8, 4) is 11.4 Å². The van der Waals surface area contributed by atoms with Crippen molar-refractivity contribution in [1.82, 2.24) is 15.3 Å². The molecule has 0 saturated carbocycles. The number of hydrogen-bond acceptors (Lipinski definition) is 2. The second-order valence-corrected chi connectivity index (χ2v) is 6.10. The van der Waals surface area contributed by atoms with E-state index in [-0.39, 0.29) is 18.1 Å². The van der Waals surface area contributed by atoms with Crippen molar-refractivity contribution in [3.05, 3.63) is 76.8 Å². The van der Waals surface area contributed by atoms with Gasteiger partial charge in [-0.3, -0.25) is 4.79 Å². The number of rotatable bonds is 6. The third-order valence-electron chi connectivity index (χ3n) is 3.74. The van der Waals surface area contributed by atoms with Crippen molar-refractivity contribution in [2.45, 2.75) is 12.8 Å². The molecule has 0 fully saturated rings. The maximum Gasteiger partial charge on any atom is 0.224 e. The zero-order chi connectivity index (χ0) is 17.6. The Balaban J connectivity index is 1.48. The smallest absolute Gasteiger partial charge is 0.224 e. The summed E-state index contributed by atoms with van der Waals surface area (Å²) in [5.74, 6) is 0.369. The van der Waals surface area contributed by atoms with Crippen molar-refractivity contribution < 1.29 is 9.18 Å². The number of nitrogens with zero attached hydrogens (tertiary/aromatic N) is 1. The minimum Gasteiger partial charge on any atom is -0.355 e. The highest BCUT2D eigenvalue weighted by molar-refractivity contribution is 6.30. The lowest BCUT2D eigenvalue weighted by Crippen LogP contribution is -2.27. The molecular weight excluding hydrogens is 341 g/mol. The van der Waals surface area contributed by atoms with Crippen molar-refractivity contribution in [2.24, 2.45) is 0 Å². The topological polar surface area (TPSA) is 57.8 Å². The molecule has 0 spiro atoms. The number of carbonyl (C=O) groups is 1. The Morgan fingerprint density at radius 1 is 1.12 bits per heavy atom. The van der Waals surface area contributed by atoms with Crippen LogP contribution in [0.4, 0.5) is 4.39 Å². The molecule has 2 aromatic carbocycles. The average molecular weight is 358 g/mol. The number of benzene rings is 2. The molecule has 1 amide bonds. The van der Waals surface area contributed by atoms with E-state index in [9.17, 15) is 9.18 Å². The van der Waals surface area contributed by atoms with Gasteiger partial charge >= 0.3 is 0 Å². The van der Waals surface area contributed by atoms with Gasteiger partial charge in [-0.05, 0) is 42.0 Å². The van der Waals surface area contributed by atoms with E-state index in [2.05, 4.69) is 15.3 Å². The fraction of sp³-hybridized carbons (Fsp3) is 0.158. The average Bonchev–Trinajstić information content (AvgIpc) is 3.06. The van der Waals surface area contributed by atoms with Gasteiger partial charge < -0.3 is 10.3 Å². The molecule has 4 nitrogen and oxygen atoms in total. The largest absolute Gasteiger partial charge is 0.355 e. The van der Waals surface area contributed by atoms with Crippen molar-refractivity contribution in [2.75, 3.05) is 6.54 Å². The van der Waals surface area contributed by atoms with Gasteiger partial charge in [0, 0.05) is 35.4 Å². The number of imidazole rings is 1. The molecule has 25 heavy (non-hydrogen) atoms. The first kappa shape index (κ1) is 17.2. The molecule has 128 valence electrons. The predicted octanol–water partition coefficient (Wildman–Crippen LogP) is 3.77.